The van der Waals surface area contributed by atoms with E-state index in [9.17, 15) is 9.59 Å². The van der Waals surface area contributed by atoms with Gasteiger partial charge in [-0.15, -0.1) is 0 Å². The number of nitrogens with zero attached hydrogens (tertiary/aromatic N) is 1. The highest BCUT2D eigenvalue weighted by molar-refractivity contribution is 5.79. The van der Waals surface area contributed by atoms with Gasteiger partial charge in [-0.3, -0.25) is 9.59 Å². The molecule has 0 saturated carbocycles. The molecule has 4 nitrogen and oxygen atoms in total. The molecule has 114 valence electrons. The first-order valence-corrected chi connectivity index (χ1v) is 7.48. The van der Waals surface area contributed by atoms with Gasteiger partial charge in [0.1, 0.15) is 0 Å². The Morgan fingerprint density at radius 3 is 2.38 bits per heavy atom. The Kier molecular flexibility index (Phi) is 4.66. The number of aliphatic carboxylic acids is 1. The van der Waals surface area contributed by atoms with E-state index in [0.29, 0.717) is 25.8 Å². The number of hydrogen-bond donors (Lipinski definition) is 1. The van der Waals surface area contributed by atoms with Crippen molar-refractivity contribution in [1.82, 2.24) is 4.90 Å². The highest BCUT2D eigenvalue weighted by Crippen LogP contribution is 2.25. The quantitative estimate of drug-likeness (QED) is 0.926. The van der Waals surface area contributed by atoms with Crippen molar-refractivity contribution < 1.29 is 14.7 Å². The maximum Gasteiger partial charge on any atom is 0.308 e. The number of rotatable bonds is 4. The normalized spacial score (nSPS) is 21.6. The molecule has 1 heterocycles. The highest BCUT2D eigenvalue weighted by Gasteiger charge is 2.37. The molecule has 21 heavy (non-hydrogen) atoms. The zero-order chi connectivity index (χ0) is 15.6. The largest absolute Gasteiger partial charge is 0.481 e. The van der Waals surface area contributed by atoms with Gasteiger partial charge in [-0.2, -0.15) is 0 Å². The lowest BCUT2D eigenvalue weighted by Crippen LogP contribution is -2.37. The molecule has 0 aromatic heterocycles. The van der Waals surface area contributed by atoms with E-state index in [0.717, 1.165) is 0 Å². The van der Waals surface area contributed by atoms with Crippen LogP contribution in [0.2, 0.25) is 0 Å². The van der Waals surface area contributed by atoms with Crippen LogP contribution in [-0.2, 0) is 16.0 Å². The van der Waals surface area contributed by atoms with Crippen LogP contribution in [0.25, 0.3) is 0 Å². The summed E-state index contributed by atoms with van der Waals surface area (Å²) in [6, 6.07) is 6.13. The van der Waals surface area contributed by atoms with Crippen LogP contribution < -0.4 is 0 Å². The number of likely N-dealkylation sites (tertiary alicyclic amines) is 1. The van der Waals surface area contributed by atoms with E-state index in [-0.39, 0.29) is 11.9 Å². The first-order chi connectivity index (χ1) is 9.88. The standard InChI is InChI=1S/C17H23NO3/c1-11-8-12(2)10-14(9-11)4-5-16(19)18-7-6-15(13(18)3)17(20)21/h8-10,13,15H,4-7H2,1-3H3,(H,20,21). The van der Waals surface area contributed by atoms with E-state index in [1.165, 1.54) is 16.7 Å². The maximum absolute atomic E-state index is 12.3. The number of carboxylic acid groups (broad SMARTS) is 1. The molecule has 0 bridgehead atoms. The number of carboxylic acids is 1. The summed E-state index contributed by atoms with van der Waals surface area (Å²) in [4.78, 5) is 25.1. The van der Waals surface area contributed by atoms with Crippen LogP contribution in [0.3, 0.4) is 0 Å². The number of carbonyl (C=O) groups excluding carboxylic acids is 1. The van der Waals surface area contributed by atoms with Crippen LogP contribution in [0.1, 0.15) is 36.5 Å². The predicted octanol–water partition coefficient (Wildman–Crippen LogP) is 2.56. The van der Waals surface area contributed by atoms with E-state index in [4.69, 9.17) is 5.11 Å². The van der Waals surface area contributed by atoms with Gasteiger partial charge in [-0.05, 0) is 39.2 Å². The Hall–Kier alpha value is -1.84. The molecule has 0 spiro atoms. The van der Waals surface area contributed by atoms with Crippen molar-refractivity contribution in [3.63, 3.8) is 0 Å². The Bertz CT molecular complexity index is 533. The number of amides is 1. The highest BCUT2D eigenvalue weighted by atomic mass is 16.4. The lowest BCUT2D eigenvalue weighted by atomic mass is 10.0. The molecule has 0 radical (unpaired) electrons. The van der Waals surface area contributed by atoms with Crippen LogP contribution in [0.4, 0.5) is 0 Å². The minimum atomic E-state index is -0.799. The molecular weight excluding hydrogens is 266 g/mol. The smallest absolute Gasteiger partial charge is 0.308 e. The van der Waals surface area contributed by atoms with Crippen molar-refractivity contribution in [3.05, 3.63) is 34.9 Å². The molecule has 2 rings (SSSR count). The summed E-state index contributed by atoms with van der Waals surface area (Å²) >= 11 is 0. The third-order valence-electron chi connectivity index (χ3n) is 4.30. The van der Waals surface area contributed by atoms with Crippen molar-refractivity contribution in [2.75, 3.05) is 6.54 Å². The average Bonchev–Trinajstić information content (AvgIpc) is 2.77. The topological polar surface area (TPSA) is 57.6 Å². The van der Waals surface area contributed by atoms with Gasteiger partial charge < -0.3 is 10.0 Å². The molecule has 0 aliphatic carbocycles. The van der Waals surface area contributed by atoms with Gasteiger partial charge in [0.05, 0.1) is 5.92 Å². The van der Waals surface area contributed by atoms with E-state index in [1.54, 1.807) is 4.90 Å². The van der Waals surface area contributed by atoms with E-state index in [1.807, 2.05) is 6.92 Å². The van der Waals surface area contributed by atoms with Gasteiger partial charge in [0.15, 0.2) is 0 Å². The summed E-state index contributed by atoms with van der Waals surface area (Å²) < 4.78 is 0. The molecule has 1 fully saturated rings. The van der Waals surface area contributed by atoms with E-state index < -0.39 is 11.9 Å². The number of benzene rings is 1. The summed E-state index contributed by atoms with van der Waals surface area (Å²) in [6.07, 6.45) is 1.72. The SMILES string of the molecule is Cc1cc(C)cc(CCC(=O)N2CCC(C(=O)O)C2C)c1. The van der Waals surface area contributed by atoms with Crippen molar-refractivity contribution in [3.8, 4) is 0 Å². The molecule has 1 amide bonds. The average molecular weight is 289 g/mol. The molecule has 1 aliphatic heterocycles. The monoisotopic (exact) mass is 289 g/mol. The first kappa shape index (κ1) is 15.5. The molecule has 1 aromatic rings. The van der Waals surface area contributed by atoms with Crippen LogP contribution in [-0.4, -0.2) is 34.5 Å². The Balaban J connectivity index is 1.95. The lowest BCUT2D eigenvalue weighted by Gasteiger charge is -2.23. The van der Waals surface area contributed by atoms with Crippen LogP contribution in [0, 0.1) is 19.8 Å². The Morgan fingerprint density at radius 2 is 1.86 bits per heavy atom. The summed E-state index contributed by atoms with van der Waals surface area (Å²) in [5, 5.41) is 9.11. The fourth-order valence-corrected chi connectivity index (χ4v) is 3.23. The van der Waals surface area contributed by atoms with Gasteiger partial charge in [0.2, 0.25) is 5.91 Å². The second-order valence-corrected chi connectivity index (χ2v) is 6.06. The molecule has 1 aromatic carbocycles. The number of hydrogen-bond acceptors (Lipinski definition) is 2. The van der Waals surface area contributed by atoms with E-state index >= 15 is 0 Å². The fourth-order valence-electron chi connectivity index (χ4n) is 3.23. The van der Waals surface area contributed by atoms with Gasteiger partial charge in [-0.1, -0.05) is 29.3 Å². The minimum Gasteiger partial charge on any atom is -0.481 e. The van der Waals surface area contributed by atoms with Gasteiger partial charge in [-0.25, -0.2) is 0 Å². The molecule has 4 heteroatoms. The van der Waals surface area contributed by atoms with E-state index in [2.05, 4.69) is 32.0 Å². The number of aryl methyl sites for hydroxylation is 3. The zero-order valence-corrected chi connectivity index (χ0v) is 12.9. The van der Waals surface area contributed by atoms with Crippen molar-refractivity contribution in [1.29, 1.82) is 0 Å². The zero-order valence-electron chi connectivity index (χ0n) is 12.9. The third-order valence-corrected chi connectivity index (χ3v) is 4.30. The van der Waals surface area contributed by atoms with Gasteiger partial charge in [0.25, 0.3) is 0 Å². The van der Waals surface area contributed by atoms with Crippen molar-refractivity contribution >= 4 is 11.9 Å². The number of carbonyl (C=O) groups is 2. The first-order valence-electron chi connectivity index (χ1n) is 7.48. The third kappa shape index (κ3) is 3.63. The molecule has 1 aliphatic rings. The summed E-state index contributed by atoms with van der Waals surface area (Å²) in [6.45, 7) is 6.50. The van der Waals surface area contributed by atoms with Crippen molar-refractivity contribution in [2.45, 2.75) is 46.1 Å². The maximum atomic E-state index is 12.3. The molecule has 1 N–H and O–H groups in total. The van der Waals surface area contributed by atoms with Crippen LogP contribution in [0.15, 0.2) is 18.2 Å². The Morgan fingerprint density at radius 1 is 1.24 bits per heavy atom. The second-order valence-electron chi connectivity index (χ2n) is 6.06. The summed E-state index contributed by atoms with van der Waals surface area (Å²) in [7, 11) is 0. The molecule has 2 atom stereocenters. The van der Waals surface area contributed by atoms with Gasteiger partial charge >= 0.3 is 5.97 Å². The molecular formula is C17H23NO3. The van der Waals surface area contributed by atoms with Crippen molar-refractivity contribution in [2.24, 2.45) is 5.92 Å². The summed E-state index contributed by atoms with van der Waals surface area (Å²) in [5.74, 6) is -1.16. The molecule has 1 saturated heterocycles. The second kappa shape index (κ2) is 6.29. The fraction of sp³-hybridized carbons (Fsp3) is 0.529. The van der Waals surface area contributed by atoms with Crippen LogP contribution in [0.5, 0.6) is 0 Å². The minimum absolute atomic E-state index is 0.0606. The summed E-state index contributed by atoms with van der Waals surface area (Å²) in [5.41, 5.74) is 3.58. The predicted molar refractivity (Wildman–Crippen MR) is 81.2 cm³/mol. The Labute approximate surface area is 125 Å². The van der Waals surface area contributed by atoms with Gasteiger partial charge in [0, 0.05) is 19.0 Å². The van der Waals surface area contributed by atoms with Crippen LogP contribution >= 0.6 is 0 Å². The lowest BCUT2D eigenvalue weighted by molar-refractivity contribution is -0.143. The molecule has 2 unspecified atom stereocenters.